The number of hydrogen-bond donors (Lipinski definition) is 1. The van der Waals surface area contributed by atoms with Gasteiger partial charge < -0.3 is 4.74 Å². The third-order valence-corrected chi connectivity index (χ3v) is 6.87. The molecule has 0 radical (unpaired) electrons. The average Bonchev–Trinajstić information content (AvgIpc) is 2.96. The first-order chi connectivity index (χ1) is 12.8. The topological polar surface area (TPSA) is 77.4 Å². The lowest BCUT2D eigenvalue weighted by Gasteiger charge is -2.12. The highest BCUT2D eigenvalue weighted by atomic mass is 32.2. The lowest BCUT2D eigenvalue weighted by molar-refractivity contribution is 0.320. The summed E-state index contributed by atoms with van der Waals surface area (Å²) in [6.45, 7) is 6.79. The molecular weight excluding hydrogens is 384 g/mol. The van der Waals surface area contributed by atoms with Crippen LogP contribution >= 0.6 is 11.3 Å². The van der Waals surface area contributed by atoms with Gasteiger partial charge in [-0.3, -0.25) is 9.36 Å². The quantitative estimate of drug-likeness (QED) is 0.612. The van der Waals surface area contributed by atoms with Crippen LogP contribution < -0.4 is 14.3 Å². The average molecular weight is 407 g/mol. The normalized spacial score (nSPS) is 11.8. The first kappa shape index (κ1) is 19.6. The summed E-state index contributed by atoms with van der Waals surface area (Å²) in [5.41, 5.74) is 2.92. The van der Waals surface area contributed by atoms with Gasteiger partial charge in [0.15, 0.2) is 0 Å². The third kappa shape index (κ3) is 4.07. The van der Waals surface area contributed by atoms with Gasteiger partial charge in [-0.15, -0.1) is 0 Å². The minimum atomic E-state index is -3.67. The van der Waals surface area contributed by atoms with E-state index in [0.29, 0.717) is 11.2 Å². The summed E-state index contributed by atoms with van der Waals surface area (Å²) < 4.78 is 35.6. The van der Waals surface area contributed by atoms with E-state index in [1.54, 1.807) is 16.7 Å². The number of ether oxygens (including phenoxy) is 1. The number of aryl methyl sites for hydroxylation is 2. The Kier molecular flexibility index (Phi) is 5.69. The maximum atomic E-state index is 12.5. The van der Waals surface area contributed by atoms with Crippen LogP contribution in [-0.2, 0) is 16.6 Å². The number of hydrogen-bond acceptors (Lipinski definition) is 5. The molecule has 0 bridgehead atoms. The van der Waals surface area contributed by atoms with Crippen LogP contribution in [0.1, 0.15) is 18.1 Å². The van der Waals surface area contributed by atoms with Gasteiger partial charge in [0.1, 0.15) is 12.4 Å². The van der Waals surface area contributed by atoms with E-state index in [4.69, 9.17) is 4.74 Å². The highest BCUT2D eigenvalue weighted by Crippen LogP contribution is 2.22. The molecule has 1 aromatic heterocycles. The molecule has 1 heterocycles. The van der Waals surface area contributed by atoms with Crippen LogP contribution in [0.2, 0.25) is 0 Å². The molecule has 1 N–H and O–H groups in total. The Morgan fingerprint density at radius 1 is 1.19 bits per heavy atom. The zero-order valence-electron chi connectivity index (χ0n) is 15.5. The van der Waals surface area contributed by atoms with Crippen molar-refractivity contribution in [2.24, 2.45) is 0 Å². The lowest BCUT2D eigenvalue weighted by Crippen LogP contribution is -2.28. The van der Waals surface area contributed by atoms with Gasteiger partial charge in [-0.2, -0.15) is 0 Å². The molecule has 0 atom stereocenters. The molecule has 27 heavy (non-hydrogen) atoms. The number of benzene rings is 2. The summed E-state index contributed by atoms with van der Waals surface area (Å²) in [6.07, 6.45) is 0. The van der Waals surface area contributed by atoms with E-state index in [1.807, 2.05) is 39.0 Å². The molecule has 0 unspecified atom stereocenters. The first-order valence-electron chi connectivity index (χ1n) is 8.65. The molecule has 144 valence electrons. The van der Waals surface area contributed by atoms with Gasteiger partial charge in [-0.1, -0.05) is 23.5 Å². The minimum absolute atomic E-state index is 0.0862. The number of sulfonamides is 1. The molecule has 2 aromatic carbocycles. The molecule has 0 saturated carbocycles. The SMILES string of the molecule is CCn1c(=O)sc2cc(S(=O)(=O)NCCOc3cccc(C)c3C)ccc21. The summed E-state index contributed by atoms with van der Waals surface area (Å²) in [5, 5.41) is 0. The van der Waals surface area contributed by atoms with Crippen molar-refractivity contribution < 1.29 is 13.2 Å². The van der Waals surface area contributed by atoms with E-state index >= 15 is 0 Å². The molecule has 0 aliphatic carbocycles. The second-order valence-electron chi connectivity index (χ2n) is 6.19. The van der Waals surface area contributed by atoms with Gasteiger partial charge in [0, 0.05) is 13.1 Å². The van der Waals surface area contributed by atoms with Crippen LogP contribution in [0.15, 0.2) is 46.1 Å². The number of aromatic nitrogens is 1. The first-order valence-corrected chi connectivity index (χ1v) is 11.0. The lowest BCUT2D eigenvalue weighted by atomic mass is 10.1. The van der Waals surface area contributed by atoms with Crippen LogP contribution in [0.4, 0.5) is 0 Å². The Hall–Kier alpha value is -2.16. The van der Waals surface area contributed by atoms with Gasteiger partial charge in [-0.25, -0.2) is 13.1 Å². The minimum Gasteiger partial charge on any atom is -0.492 e. The number of nitrogens with zero attached hydrogens (tertiary/aromatic N) is 1. The maximum absolute atomic E-state index is 12.5. The van der Waals surface area contributed by atoms with Crippen LogP contribution in [-0.4, -0.2) is 26.1 Å². The van der Waals surface area contributed by atoms with Crippen molar-refractivity contribution in [2.45, 2.75) is 32.2 Å². The van der Waals surface area contributed by atoms with E-state index in [-0.39, 0.29) is 22.9 Å². The zero-order chi connectivity index (χ0) is 19.6. The summed E-state index contributed by atoms with van der Waals surface area (Å²) in [6, 6.07) is 10.5. The van der Waals surface area contributed by atoms with Crippen molar-refractivity contribution in [1.82, 2.24) is 9.29 Å². The molecule has 0 saturated heterocycles. The van der Waals surface area contributed by atoms with E-state index in [2.05, 4.69) is 4.72 Å². The monoisotopic (exact) mass is 406 g/mol. The fraction of sp³-hybridized carbons (Fsp3) is 0.316. The van der Waals surface area contributed by atoms with E-state index in [1.165, 1.54) is 6.07 Å². The van der Waals surface area contributed by atoms with Gasteiger partial charge in [0.05, 0.1) is 15.1 Å². The molecule has 0 aliphatic heterocycles. The van der Waals surface area contributed by atoms with Crippen LogP contribution in [0.5, 0.6) is 5.75 Å². The number of fused-ring (bicyclic) bond motifs is 1. The van der Waals surface area contributed by atoms with Crippen LogP contribution in [0.25, 0.3) is 10.2 Å². The number of thiazole rings is 1. The van der Waals surface area contributed by atoms with Crippen molar-refractivity contribution in [3.05, 3.63) is 57.2 Å². The fourth-order valence-electron chi connectivity index (χ4n) is 2.81. The fourth-order valence-corrected chi connectivity index (χ4v) is 4.92. The molecule has 0 spiro atoms. The van der Waals surface area contributed by atoms with Crippen molar-refractivity contribution in [3.63, 3.8) is 0 Å². The summed E-state index contributed by atoms with van der Waals surface area (Å²) in [4.78, 5) is 12.0. The highest BCUT2D eigenvalue weighted by Gasteiger charge is 2.16. The molecule has 8 heteroatoms. The second kappa shape index (κ2) is 7.84. The number of nitrogens with one attached hydrogen (secondary N) is 1. The highest BCUT2D eigenvalue weighted by molar-refractivity contribution is 7.89. The van der Waals surface area contributed by atoms with Crippen molar-refractivity contribution >= 4 is 31.6 Å². The van der Waals surface area contributed by atoms with Gasteiger partial charge in [-0.05, 0) is 56.2 Å². The Balaban J connectivity index is 1.69. The van der Waals surface area contributed by atoms with Crippen molar-refractivity contribution in [2.75, 3.05) is 13.2 Å². The van der Waals surface area contributed by atoms with Gasteiger partial charge in [0.25, 0.3) is 0 Å². The molecule has 3 rings (SSSR count). The Labute approximate surface area is 162 Å². The van der Waals surface area contributed by atoms with Crippen LogP contribution in [0.3, 0.4) is 0 Å². The maximum Gasteiger partial charge on any atom is 0.308 e. The largest absolute Gasteiger partial charge is 0.492 e. The van der Waals surface area contributed by atoms with E-state index in [0.717, 1.165) is 33.7 Å². The molecule has 0 fully saturated rings. The van der Waals surface area contributed by atoms with Crippen molar-refractivity contribution in [3.8, 4) is 5.75 Å². The summed E-state index contributed by atoms with van der Waals surface area (Å²) >= 11 is 1.05. The predicted molar refractivity (Wildman–Crippen MR) is 108 cm³/mol. The van der Waals surface area contributed by atoms with Gasteiger partial charge in [0.2, 0.25) is 10.0 Å². The summed E-state index contributed by atoms with van der Waals surface area (Å²) in [5.74, 6) is 0.751. The van der Waals surface area contributed by atoms with Crippen molar-refractivity contribution in [1.29, 1.82) is 0 Å². The molecule has 3 aromatic rings. The Bertz CT molecular complexity index is 1130. The standard InChI is InChI=1S/C19H22N2O4S2/c1-4-21-16-9-8-15(12-18(16)26-19(21)22)27(23,24)20-10-11-25-17-7-5-6-13(2)14(17)3/h5-9,12,20H,4,10-11H2,1-3H3. The molecule has 0 aliphatic rings. The smallest absolute Gasteiger partial charge is 0.308 e. The molecular formula is C19H22N2O4S2. The van der Waals surface area contributed by atoms with Gasteiger partial charge >= 0.3 is 4.87 Å². The molecule has 0 amide bonds. The zero-order valence-corrected chi connectivity index (χ0v) is 17.1. The predicted octanol–water partition coefficient (Wildman–Crippen LogP) is 3.06. The second-order valence-corrected chi connectivity index (χ2v) is 8.95. The number of rotatable bonds is 7. The van der Waals surface area contributed by atoms with E-state index < -0.39 is 10.0 Å². The Morgan fingerprint density at radius 2 is 1.96 bits per heavy atom. The summed E-state index contributed by atoms with van der Waals surface area (Å²) in [7, 11) is -3.67. The Morgan fingerprint density at radius 3 is 2.70 bits per heavy atom. The van der Waals surface area contributed by atoms with Crippen LogP contribution in [0, 0.1) is 13.8 Å². The third-order valence-electron chi connectivity index (χ3n) is 4.47. The van der Waals surface area contributed by atoms with E-state index in [9.17, 15) is 13.2 Å². The molecule has 6 nitrogen and oxygen atoms in total.